The van der Waals surface area contributed by atoms with Crippen LogP contribution in [0.4, 0.5) is 4.39 Å². The van der Waals surface area contributed by atoms with Crippen molar-refractivity contribution in [2.24, 2.45) is 0 Å². The van der Waals surface area contributed by atoms with E-state index in [1.165, 1.54) is 13.2 Å². The van der Waals surface area contributed by atoms with Gasteiger partial charge < -0.3 is 19.5 Å². The van der Waals surface area contributed by atoms with Crippen LogP contribution in [0, 0.1) is 5.82 Å². The van der Waals surface area contributed by atoms with Crippen molar-refractivity contribution in [3.63, 3.8) is 0 Å². The summed E-state index contributed by atoms with van der Waals surface area (Å²) in [5, 5.41) is 3.23. The second-order valence-corrected chi connectivity index (χ2v) is 4.18. The number of benzene rings is 1. The maximum atomic E-state index is 13.4. The Balaban J connectivity index is 1.77. The van der Waals surface area contributed by atoms with E-state index in [1.54, 1.807) is 12.1 Å². The second kappa shape index (κ2) is 6.68. The Morgan fingerprint density at radius 3 is 3.06 bits per heavy atom. The fraction of sp³-hybridized carbons (Fsp3) is 0.538. The molecule has 1 aromatic rings. The highest BCUT2D eigenvalue weighted by Gasteiger charge is 2.13. The molecule has 1 heterocycles. The smallest absolute Gasteiger partial charge is 0.165 e. The van der Waals surface area contributed by atoms with Crippen LogP contribution in [0.2, 0.25) is 0 Å². The van der Waals surface area contributed by atoms with E-state index in [-0.39, 0.29) is 17.7 Å². The number of hydrogen-bond acceptors (Lipinski definition) is 4. The molecule has 0 aromatic heterocycles. The van der Waals surface area contributed by atoms with Crippen molar-refractivity contribution in [2.75, 3.05) is 33.4 Å². The lowest BCUT2D eigenvalue weighted by Crippen LogP contribution is -2.40. The molecule has 0 saturated carbocycles. The van der Waals surface area contributed by atoms with Gasteiger partial charge in [0, 0.05) is 13.1 Å². The van der Waals surface area contributed by atoms with Crippen molar-refractivity contribution in [2.45, 2.75) is 12.7 Å². The SMILES string of the molecule is COc1ccc(COCC2CNCCO2)cc1F. The van der Waals surface area contributed by atoms with Crippen LogP contribution in [0.15, 0.2) is 18.2 Å². The summed E-state index contributed by atoms with van der Waals surface area (Å²) in [4.78, 5) is 0. The molecule has 0 radical (unpaired) electrons. The topological polar surface area (TPSA) is 39.7 Å². The Morgan fingerprint density at radius 2 is 2.39 bits per heavy atom. The monoisotopic (exact) mass is 255 g/mol. The van der Waals surface area contributed by atoms with E-state index in [9.17, 15) is 4.39 Å². The highest BCUT2D eigenvalue weighted by atomic mass is 19.1. The summed E-state index contributed by atoms with van der Waals surface area (Å²) in [6, 6.07) is 4.83. The van der Waals surface area contributed by atoms with Gasteiger partial charge in [-0.1, -0.05) is 6.07 Å². The van der Waals surface area contributed by atoms with E-state index >= 15 is 0 Å². The van der Waals surface area contributed by atoms with E-state index in [4.69, 9.17) is 14.2 Å². The average molecular weight is 255 g/mol. The van der Waals surface area contributed by atoms with Crippen molar-refractivity contribution < 1.29 is 18.6 Å². The van der Waals surface area contributed by atoms with Crippen LogP contribution in [0.3, 0.4) is 0 Å². The maximum Gasteiger partial charge on any atom is 0.165 e. The van der Waals surface area contributed by atoms with E-state index in [0.717, 1.165) is 18.7 Å². The summed E-state index contributed by atoms with van der Waals surface area (Å²) in [5.74, 6) is -0.118. The van der Waals surface area contributed by atoms with Crippen LogP contribution in [0.5, 0.6) is 5.75 Å². The molecule has 100 valence electrons. The molecule has 0 bridgehead atoms. The molecule has 2 rings (SSSR count). The first kappa shape index (κ1) is 13.3. The van der Waals surface area contributed by atoms with E-state index < -0.39 is 0 Å². The fourth-order valence-corrected chi connectivity index (χ4v) is 1.83. The quantitative estimate of drug-likeness (QED) is 0.862. The van der Waals surface area contributed by atoms with Gasteiger partial charge in [0.15, 0.2) is 11.6 Å². The Kier molecular flexibility index (Phi) is 4.92. The van der Waals surface area contributed by atoms with Crippen LogP contribution >= 0.6 is 0 Å². The van der Waals surface area contributed by atoms with Gasteiger partial charge in [-0.25, -0.2) is 4.39 Å². The molecule has 1 unspecified atom stereocenters. The van der Waals surface area contributed by atoms with Crippen molar-refractivity contribution in [3.05, 3.63) is 29.6 Å². The molecule has 0 amide bonds. The zero-order valence-electron chi connectivity index (χ0n) is 10.4. The maximum absolute atomic E-state index is 13.4. The van der Waals surface area contributed by atoms with E-state index in [2.05, 4.69) is 5.32 Å². The molecule has 1 saturated heterocycles. The van der Waals surface area contributed by atoms with Crippen molar-refractivity contribution >= 4 is 0 Å². The van der Waals surface area contributed by atoms with Crippen molar-refractivity contribution in [1.29, 1.82) is 0 Å². The number of halogens is 1. The minimum atomic E-state index is -0.366. The second-order valence-electron chi connectivity index (χ2n) is 4.18. The van der Waals surface area contributed by atoms with Gasteiger partial charge in [-0.05, 0) is 17.7 Å². The Morgan fingerprint density at radius 1 is 1.50 bits per heavy atom. The van der Waals surface area contributed by atoms with Crippen LogP contribution in [-0.2, 0) is 16.1 Å². The molecule has 0 spiro atoms. The number of ether oxygens (including phenoxy) is 3. The molecule has 1 aliphatic rings. The van der Waals surface area contributed by atoms with E-state index in [1.807, 2.05) is 0 Å². The molecule has 18 heavy (non-hydrogen) atoms. The van der Waals surface area contributed by atoms with Crippen LogP contribution in [0.25, 0.3) is 0 Å². The third-order valence-electron chi connectivity index (χ3n) is 2.79. The minimum Gasteiger partial charge on any atom is -0.494 e. The zero-order chi connectivity index (χ0) is 12.8. The summed E-state index contributed by atoms with van der Waals surface area (Å²) >= 11 is 0. The first-order valence-corrected chi connectivity index (χ1v) is 6.02. The largest absolute Gasteiger partial charge is 0.494 e. The lowest BCUT2D eigenvalue weighted by atomic mass is 10.2. The predicted octanol–water partition coefficient (Wildman–Crippen LogP) is 1.34. The summed E-state index contributed by atoms with van der Waals surface area (Å²) in [6.45, 7) is 3.30. The predicted molar refractivity (Wildman–Crippen MR) is 65.2 cm³/mol. The van der Waals surface area contributed by atoms with Crippen LogP contribution < -0.4 is 10.1 Å². The highest BCUT2D eigenvalue weighted by Crippen LogP contribution is 2.18. The first-order valence-electron chi connectivity index (χ1n) is 6.02. The van der Waals surface area contributed by atoms with Gasteiger partial charge in [0.2, 0.25) is 0 Å². The molecule has 0 aliphatic carbocycles. The standard InChI is InChI=1S/C13H18FNO3/c1-16-13-3-2-10(6-12(13)14)8-17-9-11-7-15-4-5-18-11/h2-3,6,11,15H,4-5,7-9H2,1H3. The molecule has 1 aliphatic heterocycles. The van der Waals surface area contributed by atoms with Crippen LogP contribution in [-0.4, -0.2) is 39.5 Å². The van der Waals surface area contributed by atoms with Crippen LogP contribution in [0.1, 0.15) is 5.56 Å². The third kappa shape index (κ3) is 3.66. The molecule has 1 fully saturated rings. The van der Waals surface area contributed by atoms with Gasteiger partial charge in [-0.15, -0.1) is 0 Å². The fourth-order valence-electron chi connectivity index (χ4n) is 1.83. The van der Waals surface area contributed by atoms with Gasteiger partial charge in [0.1, 0.15) is 0 Å². The number of hydrogen-bond donors (Lipinski definition) is 1. The lowest BCUT2D eigenvalue weighted by molar-refractivity contribution is -0.0357. The normalized spacial score (nSPS) is 19.8. The summed E-state index contributed by atoms with van der Waals surface area (Å²) in [6.07, 6.45) is 0.0850. The summed E-state index contributed by atoms with van der Waals surface area (Å²) < 4.78 is 29.3. The summed E-state index contributed by atoms with van der Waals surface area (Å²) in [7, 11) is 1.45. The Hall–Kier alpha value is -1.17. The molecular weight excluding hydrogens is 237 g/mol. The van der Waals surface area contributed by atoms with Crippen molar-refractivity contribution in [1.82, 2.24) is 5.32 Å². The Bertz CT molecular complexity index is 380. The highest BCUT2D eigenvalue weighted by molar-refractivity contribution is 5.28. The lowest BCUT2D eigenvalue weighted by Gasteiger charge is -2.23. The molecule has 4 nitrogen and oxygen atoms in total. The third-order valence-corrected chi connectivity index (χ3v) is 2.79. The molecule has 5 heteroatoms. The Labute approximate surface area is 106 Å². The molecule has 1 aromatic carbocycles. The number of nitrogens with one attached hydrogen (secondary N) is 1. The van der Waals surface area contributed by atoms with Gasteiger partial charge in [-0.2, -0.15) is 0 Å². The van der Waals surface area contributed by atoms with Gasteiger partial charge in [-0.3, -0.25) is 0 Å². The van der Waals surface area contributed by atoms with Gasteiger partial charge in [0.05, 0.1) is 33.0 Å². The zero-order valence-corrected chi connectivity index (χ0v) is 10.4. The molecular formula is C13H18FNO3. The van der Waals surface area contributed by atoms with Gasteiger partial charge >= 0.3 is 0 Å². The average Bonchev–Trinajstić information content (AvgIpc) is 2.40. The number of rotatable bonds is 5. The number of methoxy groups -OCH3 is 1. The molecule has 1 atom stereocenters. The van der Waals surface area contributed by atoms with E-state index in [0.29, 0.717) is 19.8 Å². The number of morpholine rings is 1. The van der Waals surface area contributed by atoms with Crippen molar-refractivity contribution in [3.8, 4) is 5.75 Å². The minimum absolute atomic E-state index is 0.0850. The molecule has 1 N–H and O–H groups in total. The first-order chi connectivity index (χ1) is 8.79. The summed E-state index contributed by atoms with van der Waals surface area (Å²) in [5.41, 5.74) is 0.789. The van der Waals surface area contributed by atoms with Gasteiger partial charge in [0.25, 0.3) is 0 Å².